The van der Waals surface area contributed by atoms with E-state index < -0.39 is 0 Å². The summed E-state index contributed by atoms with van der Waals surface area (Å²) in [7, 11) is 0. The van der Waals surface area contributed by atoms with Crippen LogP contribution < -0.4 is 4.90 Å². The van der Waals surface area contributed by atoms with Gasteiger partial charge in [-0.25, -0.2) is 4.98 Å². The molecule has 0 radical (unpaired) electrons. The quantitative estimate of drug-likeness (QED) is 0.292. The molecule has 0 spiro atoms. The minimum atomic E-state index is 0.0718. The molecule has 4 aromatic rings. The van der Waals surface area contributed by atoms with Crippen LogP contribution in [0.2, 0.25) is 0 Å². The maximum atomic E-state index is 13.8. The Balaban J connectivity index is 1.46. The Morgan fingerprint density at radius 2 is 1.69 bits per heavy atom. The lowest BCUT2D eigenvalue weighted by atomic mass is 10.0. The first kappa shape index (κ1) is 23.6. The molecule has 3 aromatic carbocycles. The van der Waals surface area contributed by atoms with E-state index in [4.69, 9.17) is 4.98 Å². The lowest BCUT2D eigenvalue weighted by molar-refractivity contribution is 0.0748. The van der Waals surface area contributed by atoms with Crippen LogP contribution in [0.4, 0.5) is 5.69 Å². The lowest BCUT2D eigenvalue weighted by Gasteiger charge is -2.37. The molecule has 4 nitrogen and oxygen atoms in total. The highest BCUT2D eigenvalue weighted by Gasteiger charge is 2.25. The third kappa shape index (κ3) is 4.70. The standard InChI is InChI=1S/C30H30BrN3O/c1-4-22-8-10-23(11-9-22)28-19-26(25-18-24(31)12-13-27(25)32-28)30(35)34-16-14-33(15-17-34)29-7-5-6-20(2)21(29)3/h5-13,18-19H,4,14-17H2,1-3H3. The molecule has 2 heterocycles. The average molecular weight is 528 g/mol. The molecule has 0 saturated carbocycles. The predicted octanol–water partition coefficient (Wildman–Crippen LogP) is 6.81. The van der Waals surface area contributed by atoms with Crippen LogP contribution in [0.3, 0.4) is 0 Å². The number of benzene rings is 3. The number of fused-ring (bicyclic) bond motifs is 1. The number of nitrogens with zero attached hydrogens (tertiary/aromatic N) is 3. The summed E-state index contributed by atoms with van der Waals surface area (Å²) in [5, 5.41) is 0.885. The second kappa shape index (κ2) is 9.82. The number of carbonyl (C=O) groups is 1. The molecule has 1 fully saturated rings. The first-order valence-corrected chi connectivity index (χ1v) is 13.0. The fourth-order valence-corrected chi connectivity index (χ4v) is 5.19. The van der Waals surface area contributed by atoms with Crippen molar-refractivity contribution < 1.29 is 4.79 Å². The smallest absolute Gasteiger partial charge is 0.254 e. The van der Waals surface area contributed by atoms with Crippen molar-refractivity contribution in [2.75, 3.05) is 31.1 Å². The molecule has 1 aromatic heterocycles. The van der Waals surface area contributed by atoms with Crippen LogP contribution in [0.1, 0.15) is 34.0 Å². The maximum Gasteiger partial charge on any atom is 0.254 e. The molecular formula is C30H30BrN3O. The van der Waals surface area contributed by atoms with Crippen LogP contribution >= 0.6 is 15.9 Å². The number of rotatable bonds is 4. The van der Waals surface area contributed by atoms with Crippen LogP contribution in [0.25, 0.3) is 22.2 Å². The number of carbonyl (C=O) groups excluding carboxylic acids is 1. The van der Waals surface area contributed by atoms with Crippen molar-refractivity contribution in [3.8, 4) is 11.3 Å². The van der Waals surface area contributed by atoms with E-state index in [0.717, 1.165) is 46.1 Å². The van der Waals surface area contributed by atoms with E-state index in [0.29, 0.717) is 18.7 Å². The minimum Gasteiger partial charge on any atom is -0.368 e. The van der Waals surface area contributed by atoms with Gasteiger partial charge in [0.15, 0.2) is 0 Å². The normalized spacial score (nSPS) is 13.9. The van der Waals surface area contributed by atoms with Crippen LogP contribution in [0, 0.1) is 13.8 Å². The average Bonchev–Trinajstić information content (AvgIpc) is 2.89. The monoisotopic (exact) mass is 527 g/mol. The van der Waals surface area contributed by atoms with Crippen molar-refractivity contribution in [1.29, 1.82) is 0 Å². The molecule has 0 unspecified atom stereocenters. The molecule has 5 heteroatoms. The van der Waals surface area contributed by atoms with Gasteiger partial charge in [-0.2, -0.15) is 0 Å². The summed E-state index contributed by atoms with van der Waals surface area (Å²) in [5.74, 6) is 0.0718. The molecule has 1 aliphatic rings. The second-order valence-electron chi connectivity index (χ2n) is 9.27. The Bertz CT molecular complexity index is 1390. The van der Waals surface area contributed by atoms with Crippen molar-refractivity contribution >= 4 is 38.4 Å². The highest BCUT2D eigenvalue weighted by atomic mass is 79.9. The maximum absolute atomic E-state index is 13.8. The SMILES string of the molecule is CCc1ccc(-c2cc(C(=O)N3CCN(c4cccc(C)c4C)CC3)c3cc(Br)ccc3n2)cc1. The molecule has 1 aliphatic heterocycles. The summed E-state index contributed by atoms with van der Waals surface area (Å²) in [5.41, 5.74) is 8.59. The minimum absolute atomic E-state index is 0.0718. The van der Waals surface area contributed by atoms with E-state index >= 15 is 0 Å². The van der Waals surface area contributed by atoms with Crippen molar-refractivity contribution in [2.24, 2.45) is 0 Å². The van der Waals surface area contributed by atoms with E-state index in [1.165, 1.54) is 22.4 Å². The van der Waals surface area contributed by atoms with Gasteiger partial charge in [0.25, 0.3) is 5.91 Å². The third-order valence-electron chi connectivity index (χ3n) is 7.14. The lowest BCUT2D eigenvalue weighted by Crippen LogP contribution is -2.49. The topological polar surface area (TPSA) is 36.4 Å². The van der Waals surface area contributed by atoms with Crippen LogP contribution in [-0.4, -0.2) is 42.0 Å². The number of hydrogen-bond donors (Lipinski definition) is 0. The zero-order chi connectivity index (χ0) is 24.5. The van der Waals surface area contributed by atoms with Gasteiger partial charge in [0.05, 0.1) is 16.8 Å². The summed E-state index contributed by atoms with van der Waals surface area (Å²) in [6.45, 7) is 9.53. The second-order valence-corrected chi connectivity index (χ2v) is 10.2. The number of anilines is 1. The number of aromatic nitrogens is 1. The van der Waals surface area contributed by atoms with Crippen molar-refractivity contribution in [1.82, 2.24) is 9.88 Å². The number of pyridine rings is 1. The summed E-state index contributed by atoms with van der Waals surface area (Å²) in [4.78, 5) is 23.1. The molecule has 1 saturated heterocycles. The molecular weight excluding hydrogens is 498 g/mol. The van der Waals surface area contributed by atoms with Gasteiger partial charge in [0.2, 0.25) is 0 Å². The van der Waals surface area contributed by atoms with Crippen LogP contribution in [0.5, 0.6) is 0 Å². The molecule has 0 N–H and O–H groups in total. The fraction of sp³-hybridized carbons (Fsp3) is 0.267. The Morgan fingerprint density at radius 3 is 2.40 bits per heavy atom. The number of aryl methyl sites for hydroxylation is 2. The van der Waals surface area contributed by atoms with E-state index in [9.17, 15) is 4.79 Å². The van der Waals surface area contributed by atoms with Gasteiger partial charge in [-0.15, -0.1) is 0 Å². The zero-order valence-corrected chi connectivity index (χ0v) is 22.1. The van der Waals surface area contributed by atoms with Crippen molar-refractivity contribution in [3.05, 3.63) is 93.5 Å². The molecule has 0 aliphatic carbocycles. The highest BCUT2D eigenvalue weighted by molar-refractivity contribution is 9.10. The summed E-state index contributed by atoms with van der Waals surface area (Å²) in [6.07, 6.45) is 0.997. The zero-order valence-electron chi connectivity index (χ0n) is 20.5. The fourth-order valence-electron chi connectivity index (χ4n) is 4.83. The van der Waals surface area contributed by atoms with Crippen molar-refractivity contribution in [2.45, 2.75) is 27.2 Å². The summed E-state index contributed by atoms with van der Waals surface area (Å²) in [6, 6.07) is 22.9. The molecule has 0 atom stereocenters. The third-order valence-corrected chi connectivity index (χ3v) is 7.64. The van der Waals surface area contributed by atoms with E-state index in [1.54, 1.807) is 0 Å². The van der Waals surface area contributed by atoms with E-state index in [2.05, 4.69) is 84.1 Å². The van der Waals surface area contributed by atoms with Crippen molar-refractivity contribution in [3.63, 3.8) is 0 Å². The van der Waals surface area contributed by atoms with Gasteiger partial charge in [0.1, 0.15) is 0 Å². The van der Waals surface area contributed by atoms with Gasteiger partial charge in [-0.05, 0) is 67.3 Å². The number of piperazine rings is 1. The van der Waals surface area contributed by atoms with Gasteiger partial charge in [-0.1, -0.05) is 59.3 Å². The Kier molecular flexibility index (Phi) is 6.61. The van der Waals surface area contributed by atoms with Gasteiger partial charge in [0, 0.05) is 47.3 Å². The number of halogens is 1. The molecule has 35 heavy (non-hydrogen) atoms. The first-order chi connectivity index (χ1) is 16.9. The van der Waals surface area contributed by atoms with Gasteiger partial charge >= 0.3 is 0 Å². The molecule has 0 bridgehead atoms. The van der Waals surface area contributed by atoms with Crippen LogP contribution in [-0.2, 0) is 6.42 Å². The van der Waals surface area contributed by atoms with E-state index in [-0.39, 0.29) is 5.91 Å². The van der Waals surface area contributed by atoms with E-state index in [1.807, 2.05) is 29.2 Å². The first-order valence-electron chi connectivity index (χ1n) is 12.2. The molecule has 178 valence electrons. The summed E-state index contributed by atoms with van der Waals surface area (Å²) >= 11 is 3.58. The predicted molar refractivity (Wildman–Crippen MR) is 148 cm³/mol. The Labute approximate surface area is 215 Å². The Hall–Kier alpha value is -3.18. The molecule has 1 amide bonds. The number of amides is 1. The largest absolute Gasteiger partial charge is 0.368 e. The Morgan fingerprint density at radius 1 is 0.943 bits per heavy atom. The highest BCUT2D eigenvalue weighted by Crippen LogP contribution is 2.29. The molecule has 5 rings (SSSR count). The van der Waals surface area contributed by atoms with Gasteiger partial charge < -0.3 is 9.80 Å². The van der Waals surface area contributed by atoms with Crippen LogP contribution in [0.15, 0.2) is 71.2 Å². The number of hydrogen-bond acceptors (Lipinski definition) is 3. The van der Waals surface area contributed by atoms with Gasteiger partial charge in [-0.3, -0.25) is 4.79 Å². The summed E-state index contributed by atoms with van der Waals surface area (Å²) < 4.78 is 0.945.